The number of hydrogen-bond acceptors (Lipinski definition) is 5. The molecular weight excluding hydrogens is 286 g/mol. The van der Waals surface area contributed by atoms with Crippen LogP contribution in [0, 0.1) is 0 Å². The molecule has 0 aliphatic carbocycles. The normalized spacial score (nSPS) is 13.1. The van der Waals surface area contributed by atoms with Gasteiger partial charge in [0.15, 0.2) is 0 Å². The van der Waals surface area contributed by atoms with Crippen molar-refractivity contribution < 1.29 is 17.2 Å². The van der Waals surface area contributed by atoms with E-state index in [2.05, 4.69) is 0 Å². The van der Waals surface area contributed by atoms with Gasteiger partial charge in [-0.05, 0) is 53.5 Å². The minimum atomic E-state index is -3.68. The van der Waals surface area contributed by atoms with Crippen LogP contribution in [0.3, 0.4) is 0 Å². The molecule has 0 spiro atoms. The van der Waals surface area contributed by atoms with Gasteiger partial charge >= 0.3 is 0 Å². The Labute approximate surface area is 113 Å². The fourth-order valence-electron chi connectivity index (χ4n) is 1.55. The molecule has 0 saturated heterocycles. The molecule has 0 amide bonds. The van der Waals surface area contributed by atoms with Crippen LogP contribution in [0.5, 0.6) is 0 Å². The van der Waals surface area contributed by atoms with E-state index in [1.807, 2.05) is 0 Å². The molecule has 0 saturated carbocycles. The number of hydrogen-bond donors (Lipinski definition) is 1. The summed E-state index contributed by atoms with van der Waals surface area (Å²) in [4.78, 5) is 0.127. The van der Waals surface area contributed by atoms with Crippen LogP contribution in [0.15, 0.2) is 63.2 Å². The van der Waals surface area contributed by atoms with E-state index in [4.69, 9.17) is 5.73 Å². The highest BCUT2D eigenvalue weighted by atomic mass is 32.2. The first-order valence-corrected chi connectivity index (χ1v) is 7.77. The van der Waals surface area contributed by atoms with Gasteiger partial charge in [-0.3, -0.25) is 4.21 Å². The highest BCUT2D eigenvalue weighted by molar-refractivity contribution is 7.91. The maximum absolute atomic E-state index is 12.3. The van der Waals surface area contributed by atoms with Crippen molar-refractivity contribution in [1.82, 2.24) is 0 Å². The maximum Gasteiger partial charge on any atom is 0.206 e. The molecule has 7 heteroatoms. The molecule has 2 rings (SSSR count). The summed E-state index contributed by atoms with van der Waals surface area (Å²) in [5.41, 5.74) is 5.90. The second kappa shape index (κ2) is 5.12. The van der Waals surface area contributed by atoms with E-state index < -0.39 is 20.9 Å². The zero-order chi connectivity index (χ0) is 14.0. The largest absolute Gasteiger partial charge is 0.768 e. The average Bonchev–Trinajstić information content (AvgIpc) is 2.39. The summed E-state index contributed by atoms with van der Waals surface area (Å²) < 4.78 is 45.9. The van der Waals surface area contributed by atoms with Crippen molar-refractivity contribution in [2.45, 2.75) is 14.7 Å². The fraction of sp³-hybridized carbons (Fsp3) is 0. The molecule has 100 valence electrons. The molecule has 0 aromatic heterocycles. The van der Waals surface area contributed by atoms with E-state index >= 15 is 0 Å². The number of sulfone groups is 1. The molecule has 0 heterocycles. The Balaban J connectivity index is 2.48. The lowest BCUT2D eigenvalue weighted by atomic mass is 10.3. The molecule has 1 atom stereocenters. The van der Waals surface area contributed by atoms with E-state index in [1.54, 1.807) is 12.1 Å². The van der Waals surface area contributed by atoms with Gasteiger partial charge in [-0.25, -0.2) is 8.42 Å². The van der Waals surface area contributed by atoms with E-state index in [1.165, 1.54) is 36.4 Å². The van der Waals surface area contributed by atoms with E-state index in [0.29, 0.717) is 5.69 Å². The van der Waals surface area contributed by atoms with Crippen LogP contribution in [0.25, 0.3) is 0 Å². The van der Waals surface area contributed by atoms with Crippen molar-refractivity contribution in [3.05, 3.63) is 48.5 Å². The van der Waals surface area contributed by atoms with Gasteiger partial charge in [0.25, 0.3) is 0 Å². The first kappa shape index (κ1) is 13.7. The van der Waals surface area contributed by atoms with Gasteiger partial charge in [0.1, 0.15) is 0 Å². The molecule has 2 aromatic rings. The first-order chi connectivity index (χ1) is 8.91. The minimum Gasteiger partial charge on any atom is -0.768 e. The molecule has 0 aliphatic rings. The Morgan fingerprint density at radius 2 is 1.63 bits per heavy atom. The average molecular weight is 296 g/mol. The Morgan fingerprint density at radius 3 is 2.16 bits per heavy atom. The summed E-state index contributed by atoms with van der Waals surface area (Å²) in [6, 6.07) is 10.9. The minimum absolute atomic E-state index is 0.0206. The quantitative estimate of drug-likeness (QED) is 0.680. The molecule has 2 N–H and O–H groups in total. The Hall–Kier alpha value is -1.70. The van der Waals surface area contributed by atoms with Gasteiger partial charge < -0.3 is 10.3 Å². The molecule has 0 fully saturated rings. The monoisotopic (exact) mass is 296 g/mol. The van der Waals surface area contributed by atoms with Crippen LogP contribution in [0.1, 0.15) is 0 Å². The number of anilines is 1. The zero-order valence-electron chi connectivity index (χ0n) is 9.65. The topological polar surface area (TPSA) is 100 Å². The van der Waals surface area contributed by atoms with Crippen molar-refractivity contribution >= 4 is 26.6 Å². The highest BCUT2D eigenvalue weighted by Gasteiger charge is 2.17. The molecular formula is C12H10NO4S2-. The Bertz CT molecular complexity index is 724. The third-order valence-corrected chi connectivity index (χ3v) is 4.92. The lowest BCUT2D eigenvalue weighted by molar-refractivity contribution is 0.537. The Kier molecular flexibility index (Phi) is 3.70. The van der Waals surface area contributed by atoms with Gasteiger partial charge in [0.05, 0.1) is 9.79 Å². The fourth-order valence-corrected chi connectivity index (χ4v) is 3.22. The lowest BCUT2D eigenvalue weighted by Crippen LogP contribution is -2.03. The van der Waals surface area contributed by atoms with Crippen LogP contribution in [-0.4, -0.2) is 17.2 Å². The molecule has 2 aromatic carbocycles. The predicted molar refractivity (Wildman–Crippen MR) is 69.9 cm³/mol. The summed E-state index contributed by atoms with van der Waals surface area (Å²) in [6.07, 6.45) is 0. The van der Waals surface area contributed by atoms with Crippen molar-refractivity contribution in [3.63, 3.8) is 0 Å². The van der Waals surface area contributed by atoms with Gasteiger partial charge in [0, 0.05) is 10.6 Å². The molecule has 1 unspecified atom stereocenters. The summed E-state index contributed by atoms with van der Waals surface area (Å²) in [5, 5.41) is 0. The SMILES string of the molecule is Nc1cccc(S(=O)(=O)c2ccc(S(=O)[O-])cc2)c1. The summed E-state index contributed by atoms with van der Waals surface area (Å²) in [5.74, 6) is 0. The second-order valence-corrected chi connectivity index (χ2v) is 6.67. The van der Waals surface area contributed by atoms with E-state index in [0.717, 1.165) is 0 Å². The van der Waals surface area contributed by atoms with Crippen molar-refractivity contribution in [2.24, 2.45) is 0 Å². The standard InChI is InChI=1S/C12H11NO4S2/c13-9-2-1-3-12(8-9)19(16,17)11-6-4-10(5-7-11)18(14)15/h1-8H,13H2,(H,14,15)/p-1. The smallest absolute Gasteiger partial charge is 0.206 e. The van der Waals surface area contributed by atoms with Crippen LogP contribution in [0.2, 0.25) is 0 Å². The van der Waals surface area contributed by atoms with Crippen LogP contribution < -0.4 is 5.73 Å². The summed E-state index contributed by atoms with van der Waals surface area (Å²) in [7, 11) is -3.68. The van der Waals surface area contributed by atoms with Crippen LogP contribution >= 0.6 is 0 Å². The lowest BCUT2D eigenvalue weighted by Gasteiger charge is -2.08. The van der Waals surface area contributed by atoms with Crippen molar-refractivity contribution in [3.8, 4) is 0 Å². The second-order valence-electron chi connectivity index (χ2n) is 3.78. The van der Waals surface area contributed by atoms with Gasteiger partial charge in [-0.1, -0.05) is 6.07 Å². The van der Waals surface area contributed by atoms with Crippen LogP contribution in [0.4, 0.5) is 5.69 Å². The third kappa shape index (κ3) is 2.83. The zero-order valence-corrected chi connectivity index (χ0v) is 11.3. The number of rotatable bonds is 3. The summed E-state index contributed by atoms with van der Waals surface area (Å²) in [6.45, 7) is 0. The molecule has 19 heavy (non-hydrogen) atoms. The van der Waals surface area contributed by atoms with Gasteiger partial charge in [0.2, 0.25) is 9.84 Å². The van der Waals surface area contributed by atoms with E-state index in [-0.39, 0.29) is 14.7 Å². The van der Waals surface area contributed by atoms with Crippen molar-refractivity contribution in [1.29, 1.82) is 0 Å². The first-order valence-electron chi connectivity index (χ1n) is 5.21. The Morgan fingerprint density at radius 1 is 1.00 bits per heavy atom. The molecule has 0 radical (unpaired) electrons. The maximum atomic E-state index is 12.3. The van der Waals surface area contributed by atoms with E-state index in [9.17, 15) is 17.2 Å². The predicted octanol–water partition coefficient (Wildman–Crippen LogP) is 1.34. The van der Waals surface area contributed by atoms with Gasteiger partial charge in [-0.15, -0.1) is 0 Å². The summed E-state index contributed by atoms with van der Waals surface area (Å²) >= 11 is -2.38. The van der Waals surface area contributed by atoms with Crippen molar-refractivity contribution in [2.75, 3.05) is 5.73 Å². The molecule has 5 nitrogen and oxygen atoms in total. The highest BCUT2D eigenvalue weighted by Crippen LogP contribution is 2.23. The molecule has 0 aliphatic heterocycles. The molecule has 0 bridgehead atoms. The number of nitrogens with two attached hydrogens (primary N) is 1. The number of nitrogen functional groups attached to an aromatic ring is 1. The third-order valence-electron chi connectivity index (χ3n) is 2.49. The van der Waals surface area contributed by atoms with Gasteiger partial charge in [-0.2, -0.15) is 0 Å². The number of benzene rings is 2. The van der Waals surface area contributed by atoms with Crippen LogP contribution in [-0.2, 0) is 20.9 Å².